The van der Waals surface area contributed by atoms with E-state index in [2.05, 4.69) is 0 Å². The van der Waals surface area contributed by atoms with Gasteiger partial charge in [-0.05, 0) is 0 Å². The Kier molecular flexibility index (Phi) is 2.25. The number of hydrogen-bond acceptors (Lipinski definition) is 4. The number of rotatable bonds is 1. The molecule has 0 aliphatic carbocycles. The molecule has 0 atom stereocenters. The Hall–Kier alpha value is -0.160. The lowest BCUT2D eigenvalue weighted by Crippen LogP contribution is -2.49. The topological polar surface area (TPSA) is 58.7 Å². The van der Waals surface area contributed by atoms with Gasteiger partial charge in [-0.3, -0.25) is 0 Å². The highest BCUT2D eigenvalue weighted by molar-refractivity contribution is 4.77. The summed E-state index contributed by atoms with van der Waals surface area (Å²) in [5.41, 5.74) is 4.50. The lowest BCUT2D eigenvalue weighted by atomic mass is 10.0. The van der Waals surface area contributed by atoms with Crippen molar-refractivity contribution < 1.29 is 9.94 Å². The molecule has 4 heteroatoms. The van der Waals surface area contributed by atoms with Crippen molar-refractivity contribution in [3.63, 3.8) is 0 Å². The smallest absolute Gasteiger partial charge is 0.116 e. The van der Waals surface area contributed by atoms with Gasteiger partial charge in [-0.15, -0.1) is 0 Å². The van der Waals surface area contributed by atoms with Gasteiger partial charge in [-0.1, -0.05) is 0 Å². The van der Waals surface area contributed by atoms with Crippen LogP contribution in [0.25, 0.3) is 0 Å². The molecule has 1 rings (SSSR count). The number of hydrogen-bond donors (Lipinski definition) is 2. The predicted octanol–water partition coefficient (Wildman–Crippen LogP) is -0.709. The van der Waals surface area contributed by atoms with E-state index < -0.39 is 5.72 Å². The molecule has 0 radical (unpaired) electrons. The highest BCUT2D eigenvalue weighted by atomic mass is 16.7. The largest absolute Gasteiger partial charge is 0.376 e. The minimum Gasteiger partial charge on any atom is -0.376 e. The molecule has 0 bridgehead atoms. The molecule has 0 aromatic rings. The molecule has 4 nitrogen and oxygen atoms in total. The fraction of sp³-hybridized carbons (Fsp3) is 1.00. The molecular weight excluding hydrogens is 132 g/mol. The van der Waals surface area contributed by atoms with Crippen LogP contribution >= 0.6 is 0 Å². The van der Waals surface area contributed by atoms with Crippen molar-refractivity contribution >= 4 is 0 Å². The van der Waals surface area contributed by atoms with Gasteiger partial charge in [0.15, 0.2) is 0 Å². The highest BCUT2D eigenvalue weighted by Gasteiger charge is 2.27. The van der Waals surface area contributed by atoms with E-state index in [1.807, 2.05) is 0 Å². The third-order valence-corrected chi connectivity index (χ3v) is 1.85. The number of nitrogens with zero attached hydrogens (tertiary/aromatic N) is 1. The Morgan fingerprint density at radius 3 is 2.40 bits per heavy atom. The maximum atomic E-state index is 9.28. The van der Waals surface area contributed by atoms with Crippen LogP contribution in [-0.4, -0.2) is 36.1 Å². The van der Waals surface area contributed by atoms with Gasteiger partial charge in [0.05, 0.1) is 7.11 Å². The first-order valence-electron chi connectivity index (χ1n) is 3.44. The van der Waals surface area contributed by atoms with Gasteiger partial charge in [0.2, 0.25) is 0 Å². The van der Waals surface area contributed by atoms with Crippen LogP contribution in [0.4, 0.5) is 0 Å². The summed E-state index contributed by atoms with van der Waals surface area (Å²) in [4.78, 5) is 4.95. The molecule has 0 aromatic carbocycles. The fourth-order valence-electron chi connectivity index (χ4n) is 1.06. The molecule has 3 N–H and O–H groups in total. The summed E-state index contributed by atoms with van der Waals surface area (Å²) >= 11 is 0. The Bertz CT molecular complexity index is 106. The van der Waals surface area contributed by atoms with Crippen molar-refractivity contribution in [2.24, 2.45) is 5.73 Å². The van der Waals surface area contributed by atoms with Crippen LogP contribution in [0, 0.1) is 0 Å². The molecule has 1 saturated heterocycles. The van der Waals surface area contributed by atoms with Crippen LogP contribution in [0.15, 0.2) is 0 Å². The van der Waals surface area contributed by atoms with Crippen LogP contribution in [0.1, 0.15) is 12.8 Å². The lowest BCUT2D eigenvalue weighted by molar-refractivity contribution is -0.172. The minimum absolute atomic E-state index is 0.584. The van der Waals surface area contributed by atoms with Crippen molar-refractivity contribution in [2.45, 2.75) is 18.6 Å². The van der Waals surface area contributed by atoms with E-state index in [1.165, 1.54) is 0 Å². The Labute approximate surface area is 60.5 Å². The summed E-state index contributed by atoms with van der Waals surface area (Å²) in [5, 5.41) is 11.1. The molecule has 0 spiro atoms. The number of aliphatic hydroxyl groups is 1. The second kappa shape index (κ2) is 2.84. The Morgan fingerprint density at radius 2 is 2.00 bits per heavy atom. The minimum atomic E-state index is -0.963. The second-order valence-electron chi connectivity index (χ2n) is 2.72. The predicted molar refractivity (Wildman–Crippen MR) is 37.0 cm³/mol. The van der Waals surface area contributed by atoms with Gasteiger partial charge in [-0.25, -0.2) is 0 Å². The zero-order chi connectivity index (χ0) is 7.61. The van der Waals surface area contributed by atoms with Crippen molar-refractivity contribution in [3.8, 4) is 0 Å². The van der Waals surface area contributed by atoms with Gasteiger partial charge >= 0.3 is 0 Å². The van der Waals surface area contributed by atoms with Crippen molar-refractivity contribution in [3.05, 3.63) is 0 Å². The summed E-state index contributed by atoms with van der Waals surface area (Å²) in [7, 11) is 1.63. The summed E-state index contributed by atoms with van der Waals surface area (Å²) in [5.74, 6) is 0. The van der Waals surface area contributed by atoms with Crippen molar-refractivity contribution in [1.29, 1.82) is 0 Å². The monoisotopic (exact) mass is 146 g/mol. The summed E-state index contributed by atoms with van der Waals surface area (Å²) in [6.07, 6.45) is 1.17. The maximum absolute atomic E-state index is 9.28. The molecule has 0 unspecified atom stereocenters. The van der Waals surface area contributed by atoms with Crippen LogP contribution in [0.2, 0.25) is 0 Å². The molecule has 1 aliphatic heterocycles. The molecule has 0 saturated carbocycles. The highest BCUT2D eigenvalue weighted by Crippen LogP contribution is 2.15. The Morgan fingerprint density at radius 1 is 1.50 bits per heavy atom. The molecule has 60 valence electrons. The standard InChI is InChI=1S/C6H14N2O2/c1-10-8-4-2-6(7,9)3-5-8/h9H,2-5,7H2,1H3. The van der Waals surface area contributed by atoms with Gasteiger partial charge < -0.3 is 15.7 Å². The van der Waals surface area contributed by atoms with E-state index in [0.717, 1.165) is 0 Å². The van der Waals surface area contributed by atoms with Gasteiger partial charge in [0.1, 0.15) is 5.72 Å². The van der Waals surface area contributed by atoms with E-state index in [1.54, 1.807) is 12.2 Å². The molecule has 0 aromatic heterocycles. The fourth-order valence-corrected chi connectivity index (χ4v) is 1.06. The van der Waals surface area contributed by atoms with E-state index >= 15 is 0 Å². The second-order valence-corrected chi connectivity index (χ2v) is 2.72. The van der Waals surface area contributed by atoms with Gasteiger partial charge in [0, 0.05) is 25.9 Å². The molecule has 1 heterocycles. The first-order valence-corrected chi connectivity index (χ1v) is 3.44. The summed E-state index contributed by atoms with van der Waals surface area (Å²) in [6, 6.07) is 0. The van der Waals surface area contributed by atoms with E-state index in [0.29, 0.717) is 25.9 Å². The molecular formula is C6H14N2O2. The number of hydroxylamine groups is 2. The first-order chi connectivity index (χ1) is 4.64. The first kappa shape index (κ1) is 7.94. The average molecular weight is 146 g/mol. The van der Waals surface area contributed by atoms with Gasteiger partial charge in [0.25, 0.3) is 0 Å². The van der Waals surface area contributed by atoms with Crippen molar-refractivity contribution in [2.75, 3.05) is 20.2 Å². The number of piperidine rings is 1. The summed E-state index contributed by atoms with van der Waals surface area (Å²) in [6.45, 7) is 1.42. The maximum Gasteiger partial charge on any atom is 0.116 e. The van der Waals surface area contributed by atoms with Crippen LogP contribution in [0.5, 0.6) is 0 Å². The van der Waals surface area contributed by atoms with Crippen LogP contribution < -0.4 is 5.73 Å². The summed E-state index contributed by atoms with van der Waals surface area (Å²) < 4.78 is 0. The zero-order valence-corrected chi connectivity index (χ0v) is 6.21. The third-order valence-electron chi connectivity index (χ3n) is 1.85. The van der Waals surface area contributed by atoms with E-state index in [-0.39, 0.29) is 0 Å². The zero-order valence-electron chi connectivity index (χ0n) is 6.21. The van der Waals surface area contributed by atoms with Crippen LogP contribution in [-0.2, 0) is 4.84 Å². The van der Waals surface area contributed by atoms with Gasteiger partial charge in [-0.2, -0.15) is 5.06 Å². The van der Waals surface area contributed by atoms with Crippen molar-refractivity contribution in [1.82, 2.24) is 5.06 Å². The normalized spacial score (nSPS) is 26.7. The quantitative estimate of drug-likeness (QED) is 0.480. The van der Waals surface area contributed by atoms with Crippen LogP contribution in [0.3, 0.4) is 0 Å². The average Bonchev–Trinajstić information content (AvgIpc) is 1.88. The van der Waals surface area contributed by atoms with E-state index in [4.69, 9.17) is 10.6 Å². The third kappa shape index (κ3) is 1.91. The lowest BCUT2D eigenvalue weighted by Gasteiger charge is -2.33. The molecule has 1 fully saturated rings. The molecule has 0 amide bonds. The molecule has 1 aliphatic rings. The Balaban J connectivity index is 2.31. The SMILES string of the molecule is CON1CCC(N)(O)CC1. The van der Waals surface area contributed by atoms with E-state index in [9.17, 15) is 5.11 Å². The number of nitrogens with two attached hydrogens (primary N) is 1. The molecule has 10 heavy (non-hydrogen) atoms.